The van der Waals surface area contributed by atoms with E-state index in [2.05, 4.69) is 9.97 Å². The van der Waals surface area contributed by atoms with E-state index in [9.17, 15) is 0 Å². The molecule has 2 aromatic heterocycles. The Bertz CT molecular complexity index is 444. The molecular weight excluding hydrogens is 192 g/mol. The van der Waals surface area contributed by atoms with Gasteiger partial charge in [-0.1, -0.05) is 11.6 Å². The van der Waals surface area contributed by atoms with Crippen LogP contribution in [0.25, 0.3) is 5.78 Å². The van der Waals surface area contributed by atoms with E-state index in [0.29, 0.717) is 5.78 Å². The first-order chi connectivity index (χ1) is 6.20. The molecule has 2 heterocycles. The summed E-state index contributed by atoms with van der Waals surface area (Å²) in [4.78, 5) is 7.72. The lowest BCUT2D eigenvalue weighted by Gasteiger charge is -1.97. The maximum absolute atomic E-state index is 8.97. The van der Waals surface area contributed by atoms with Crippen LogP contribution < -0.4 is 5.59 Å². The van der Waals surface area contributed by atoms with E-state index < -0.39 is 7.12 Å². The molecule has 0 amide bonds. The molecule has 2 aromatic rings. The molecule has 0 saturated heterocycles. The monoisotopic (exact) mass is 197 g/mol. The summed E-state index contributed by atoms with van der Waals surface area (Å²) in [5.74, 6) is 0.343. The van der Waals surface area contributed by atoms with Crippen LogP contribution in [0.3, 0.4) is 0 Å². The third-order valence-corrected chi connectivity index (χ3v) is 1.92. The van der Waals surface area contributed by atoms with Gasteiger partial charge in [0.1, 0.15) is 5.15 Å². The molecule has 0 aromatic carbocycles. The third-order valence-electron chi connectivity index (χ3n) is 1.64. The summed E-state index contributed by atoms with van der Waals surface area (Å²) in [6.45, 7) is 0. The minimum Gasteiger partial charge on any atom is -0.422 e. The van der Waals surface area contributed by atoms with Gasteiger partial charge >= 0.3 is 7.12 Å². The van der Waals surface area contributed by atoms with Gasteiger partial charge in [-0.25, -0.2) is 4.98 Å². The highest BCUT2D eigenvalue weighted by molar-refractivity contribution is 6.61. The van der Waals surface area contributed by atoms with Crippen LogP contribution in [-0.2, 0) is 0 Å². The summed E-state index contributed by atoms with van der Waals surface area (Å²) in [5, 5.41) is 18.0. The highest BCUT2D eigenvalue weighted by Crippen LogP contribution is 2.05. The molecule has 0 spiro atoms. The van der Waals surface area contributed by atoms with E-state index in [1.807, 2.05) is 0 Å². The Morgan fingerprint density at radius 3 is 2.92 bits per heavy atom. The Morgan fingerprint density at radius 2 is 2.23 bits per heavy atom. The molecule has 0 radical (unpaired) electrons. The number of fused-ring (bicyclic) bond motifs is 1. The van der Waals surface area contributed by atoms with E-state index >= 15 is 0 Å². The number of hydrogen-bond acceptors (Lipinski definition) is 4. The smallest absolute Gasteiger partial charge is 0.422 e. The Balaban J connectivity index is 2.78. The number of halogens is 1. The normalized spacial score (nSPS) is 10.7. The summed E-state index contributed by atoms with van der Waals surface area (Å²) in [6.07, 6.45) is 3.15. The summed E-state index contributed by atoms with van der Waals surface area (Å²) in [5.41, 5.74) is 0.129. The van der Waals surface area contributed by atoms with Crippen molar-refractivity contribution in [3.8, 4) is 0 Å². The number of aromatic nitrogens is 3. The van der Waals surface area contributed by atoms with Crippen molar-refractivity contribution in [2.45, 2.75) is 0 Å². The lowest BCUT2D eigenvalue weighted by Crippen LogP contribution is -2.34. The van der Waals surface area contributed by atoms with Gasteiger partial charge in [-0.05, 0) is 6.07 Å². The molecule has 0 aliphatic carbocycles. The highest BCUT2D eigenvalue weighted by atomic mass is 35.5. The first kappa shape index (κ1) is 8.49. The molecule has 0 saturated carbocycles. The van der Waals surface area contributed by atoms with Gasteiger partial charge in [-0.2, -0.15) is 4.98 Å². The molecule has 0 atom stereocenters. The molecule has 0 aliphatic heterocycles. The molecule has 0 bridgehead atoms. The van der Waals surface area contributed by atoms with Gasteiger partial charge in [-0.15, -0.1) is 0 Å². The van der Waals surface area contributed by atoms with Crippen LogP contribution in [-0.4, -0.2) is 31.5 Å². The van der Waals surface area contributed by atoms with Crippen LogP contribution >= 0.6 is 11.6 Å². The van der Waals surface area contributed by atoms with Crippen molar-refractivity contribution < 1.29 is 10.0 Å². The van der Waals surface area contributed by atoms with E-state index in [-0.39, 0.29) is 10.7 Å². The van der Waals surface area contributed by atoms with E-state index in [1.165, 1.54) is 4.40 Å². The first-order valence-electron chi connectivity index (χ1n) is 3.55. The number of nitrogens with zero attached hydrogens (tertiary/aromatic N) is 3. The van der Waals surface area contributed by atoms with Gasteiger partial charge in [0.05, 0.1) is 5.59 Å². The average Bonchev–Trinajstić information content (AvgIpc) is 2.39. The second-order valence-electron chi connectivity index (χ2n) is 2.45. The highest BCUT2D eigenvalue weighted by Gasteiger charge is 2.22. The fraction of sp³-hybridized carbons (Fsp3) is 0. The topological polar surface area (TPSA) is 70.7 Å². The molecule has 13 heavy (non-hydrogen) atoms. The van der Waals surface area contributed by atoms with E-state index in [0.717, 1.165) is 0 Å². The van der Waals surface area contributed by atoms with E-state index in [4.69, 9.17) is 21.6 Å². The summed E-state index contributed by atoms with van der Waals surface area (Å²) in [7, 11) is -1.65. The lowest BCUT2D eigenvalue weighted by molar-refractivity contribution is 0.424. The van der Waals surface area contributed by atoms with Crippen LogP contribution in [0.4, 0.5) is 0 Å². The maximum Gasteiger partial charge on any atom is 0.509 e. The number of imidazole rings is 1. The maximum atomic E-state index is 8.97. The van der Waals surface area contributed by atoms with Crippen molar-refractivity contribution in [1.82, 2.24) is 14.4 Å². The Kier molecular flexibility index (Phi) is 1.95. The molecule has 66 valence electrons. The van der Waals surface area contributed by atoms with Crippen molar-refractivity contribution >= 4 is 30.1 Å². The number of rotatable bonds is 1. The van der Waals surface area contributed by atoms with Crippen LogP contribution in [0.1, 0.15) is 0 Å². The van der Waals surface area contributed by atoms with Crippen LogP contribution in [0, 0.1) is 0 Å². The fourth-order valence-electron chi connectivity index (χ4n) is 1.11. The summed E-state index contributed by atoms with van der Waals surface area (Å²) >= 11 is 5.67. The molecular formula is C6H5BClN3O2. The van der Waals surface area contributed by atoms with Gasteiger partial charge in [0.2, 0.25) is 5.78 Å². The SMILES string of the molecule is OB(O)c1c(Cl)nc2ncccn12. The summed E-state index contributed by atoms with van der Waals surface area (Å²) in [6, 6.07) is 1.65. The largest absolute Gasteiger partial charge is 0.509 e. The first-order valence-corrected chi connectivity index (χ1v) is 3.92. The molecule has 0 fully saturated rings. The average molecular weight is 197 g/mol. The second-order valence-corrected chi connectivity index (χ2v) is 2.81. The van der Waals surface area contributed by atoms with Crippen LogP contribution in [0.2, 0.25) is 5.15 Å². The zero-order chi connectivity index (χ0) is 9.42. The molecule has 0 unspecified atom stereocenters. The standard InChI is InChI=1S/C6H5BClN3O2/c8-5-4(7(12)13)11-3-1-2-9-6(11)10-5/h1-3,12-13H. The summed E-state index contributed by atoms with van der Waals surface area (Å²) < 4.78 is 1.42. The Hall–Kier alpha value is -1.11. The van der Waals surface area contributed by atoms with Crippen LogP contribution in [0.15, 0.2) is 18.5 Å². The van der Waals surface area contributed by atoms with Gasteiger partial charge in [0, 0.05) is 12.4 Å². The Morgan fingerprint density at radius 1 is 1.46 bits per heavy atom. The third kappa shape index (κ3) is 1.29. The zero-order valence-electron chi connectivity index (χ0n) is 6.42. The Labute approximate surface area is 78.8 Å². The van der Waals surface area contributed by atoms with Crippen molar-refractivity contribution in [2.75, 3.05) is 0 Å². The van der Waals surface area contributed by atoms with Crippen molar-refractivity contribution in [2.24, 2.45) is 0 Å². The van der Waals surface area contributed by atoms with Crippen LogP contribution in [0.5, 0.6) is 0 Å². The molecule has 7 heteroatoms. The lowest BCUT2D eigenvalue weighted by atomic mass is 9.87. The van der Waals surface area contributed by atoms with E-state index in [1.54, 1.807) is 18.5 Å². The van der Waals surface area contributed by atoms with Crippen molar-refractivity contribution in [1.29, 1.82) is 0 Å². The quantitative estimate of drug-likeness (QED) is 0.579. The minimum atomic E-state index is -1.65. The number of hydrogen-bond donors (Lipinski definition) is 2. The van der Waals surface area contributed by atoms with Gasteiger partial charge < -0.3 is 10.0 Å². The minimum absolute atomic E-state index is 0.0497. The predicted octanol–water partition coefficient (Wildman–Crippen LogP) is -0.938. The van der Waals surface area contributed by atoms with Gasteiger partial charge in [-0.3, -0.25) is 4.40 Å². The second kappa shape index (κ2) is 2.99. The van der Waals surface area contributed by atoms with Crippen molar-refractivity contribution in [3.63, 3.8) is 0 Å². The fourth-order valence-corrected chi connectivity index (χ4v) is 1.37. The predicted molar refractivity (Wildman–Crippen MR) is 47.8 cm³/mol. The molecule has 2 N–H and O–H groups in total. The molecule has 0 aliphatic rings. The van der Waals surface area contributed by atoms with Gasteiger partial charge in [0.25, 0.3) is 0 Å². The molecule has 2 rings (SSSR count). The zero-order valence-corrected chi connectivity index (χ0v) is 7.18. The van der Waals surface area contributed by atoms with Gasteiger partial charge in [0.15, 0.2) is 0 Å². The van der Waals surface area contributed by atoms with Crippen molar-refractivity contribution in [3.05, 3.63) is 23.6 Å². The molecule has 5 nitrogen and oxygen atoms in total.